The molecular formula is C15H13Cl2FN2O. The highest BCUT2D eigenvalue weighted by atomic mass is 35.5. The molecule has 0 fully saturated rings. The first-order valence-corrected chi connectivity index (χ1v) is 6.97. The van der Waals surface area contributed by atoms with Crippen molar-refractivity contribution in [2.75, 3.05) is 17.2 Å². The average molecular weight is 327 g/mol. The Bertz CT molecular complexity index is 677. The summed E-state index contributed by atoms with van der Waals surface area (Å²) >= 11 is 11.8. The lowest BCUT2D eigenvalue weighted by Crippen LogP contribution is -2.22. The minimum atomic E-state index is -0.535. The van der Waals surface area contributed by atoms with Crippen molar-refractivity contribution in [3.05, 3.63) is 57.8 Å². The summed E-state index contributed by atoms with van der Waals surface area (Å²) in [6.07, 6.45) is 0. The second kappa shape index (κ2) is 6.78. The Labute approximate surface area is 132 Å². The molecule has 0 aliphatic rings. The van der Waals surface area contributed by atoms with Gasteiger partial charge in [0.1, 0.15) is 5.82 Å². The van der Waals surface area contributed by atoms with Crippen LogP contribution in [-0.4, -0.2) is 12.5 Å². The molecule has 0 aromatic heterocycles. The largest absolute Gasteiger partial charge is 0.376 e. The highest BCUT2D eigenvalue weighted by Crippen LogP contribution is 2.23. The summed E-state index contributed by atoms with van der Waals surface area (Å²) in [6.45, 7) is 1.84. The molecule has 110 valence electrons. The van der Waals surface area contributed by atoms with Crippen molar-refractivity contribution in [2.45, 2.75) is 6.92 Å². The van der Waals surface area contributed by atoms with E-state index in [4.69, 9.17) is 23.2 Å². The quantitative estimate of drug-likeness (QED) is 0.869. The van der Waals surface area contributed by atoms with E-state index in [-0.39, 0.29) is 18.1 Å². The fourth-order valence-corrected chi connectivity index (χ4v) is 2.11. The third-order valence-electron chi connectivity index (χ3n) is 2.91. The van der Waals surface area contributed by atoms with E-state index in [0.29, 0.717) is 10.0 Å². The van der Waals surface area contributed by atoms with Gasteiger partial charge in [-0.05, 0) is 42.8 Å². The van der Waals surface area contributed by atoms with Gasteiger partial charge in [0.25, 0.3) is 0 Å². The highest BCUT2D eigenvalue weighted by Gasteiger charge is 2.08. The van der Waals surface area contributed by atoms with Gasteiger partial charge in [-0.15, -0.1) is 0 Å². The number of nitrogens with one attached hydrogen (secondary N) is 2. The molecule has 0 bridgehead atoms. The zero-order valence-corrected chi connectivity index (χ0v) is 12.7. The van der Waals surface area contributed by atoms with Crippen LogP contribution in [0.15, 0.2) is 36.4 Å². The SMILES string of the molecule is Cc1c(Cl)cccc1NCC(=O)Nc1cc(Cl)ccc1F. The van der Waals surface area contributed by atoms with Crippen molar-refractivity contribution in [1.82, 2.24) is 0 Å². The molecule has 6 heteroatoms. The topological polar surface area (TPSA) is 41.1 Å². The van der Waals surface area contributed by atoms with Crippen molar-refractivity contribution >= 4 is 40.5 Å². The van der Waals surface area contributed by atoms with Crippen LogP contribution in [0.1, 0.15) is 5.56 Å². The van der Waals surface area contributed by atoms with Crippen LogP contribution in [0, 0.1) is 12.7 Å². The monoisotopic (exact) mass is 326 g/mol. The molecule has 3 nitrogen and oxygen atoms in total. The third-order valence-corrected chi connectivity index (χ3v) is 3.55. The van der Waals surface area contributed by atoms with Gasteiger partial charge in [0, 0.05) is 15.7 Å². The molecule has 2 rings (SSSR count). The third kappa shape index (κ3) is 4.09. The van der Waals surface area contributed by atoms with E-state index in [1.165, 1.54) is 18.2 Å². The van der Waals surface area contributed by atoms with E-state index in [2.05, 4.69) is 10.6 Å². The molecule has 2 N–H and O–H groups in total. The first kappa shape index (κ1) is 15.6. The van der Waals surface area contributed by atoms with Crippen LogP contribution >= 0.6 is 23.2 Å². The minimum absolute atomic E-state index is 0.00681. The Morgan fingerprint density at radius 1 is 1.19 bits per heavy atom. The molecule has 0 saturated carbocycles. The zero-order valence-electron chi connectivity index (χ0n) is 11.2. The van der Waals surface area contributed by atoms with Crippen molar-refractivity contribution in [2.24, 2.45) is 0 Å². The molecule has 0 spiro atoms. The van der Waals surface area contributed by atoms with Gasteiger partial charge in [-0.2, -0.15) is 0 Å². The molecule has 0 unspecified atom stereocenters. The predicted molar refractivity (Wildman–Crippen MR) is 84.7 cm³/mol. The second-order valence-corrected chi connectivity index (χ2v) is 5.28. The number of hydrogen-bond donors (Lipinski definition) is 2. The summed E-state index contributed by atoms with van der Waals surface area (Å²) in [5, 5.41) is 6.38. The molecule has 1 amide bonds. The van der Waals surface area contributed by atoms with Crippen LogP contribution in [0.3, 0.4) is 0 Å². The molecule has 21 heavy (non-hydrogen) atoms. The van der Waals surface area contributed by atoms with Gasteiger partial charge >= 0.3 is 0 Å². The maximum atomic E-state index is 13.5. The zero-order chi connectivity index (χ0) is 15.4. The highest BCUT2D eigenvalue weighted by molar-refractivity contribution is 6.31. The lowest BCUT2D eigenvalue weighted by Gasteiger charge is -2.11. The number of anilines is 2. The van der Waals surface area contributed by atoms with Gasteiger partial charge < -0.3 is 10.6 Å². The van der Waals surface area contributed by atoms with Crippen LogP contribution < -0.4 is 10.6 Å². The second-order valence-electron chi connectivity index (χ2n) is 4.44. The Hall–Kier alpha value is -1.78. The van der Waals surface area contributed by atoms with Gasteiger partial charge in [-0.1, -0.05) is 29.3 Å². The molecule has 2 aromatic rings. The molecule has 0 atom stereocenters. The van der Waals surface area contributed by atoms with E-state index >= 15 is 0 Å². The Kier molecular flexibility index (Phi) is 5.04. The summed E-state index contributed by atoms with van der Waals surface area (Å²) in [6, 6.07) is 9.34. The molecule has 2 aromatic carbocycles. The first-order valence-electron chi connectivity index (χ1n) is 6.21. The van der Waals surface area contributed by atoms with Crippen molar-refractivity contribution in [1.29, 1.82) is 0 Å². The minimum Gasteiger partial charge on any atom is -0.376 e. The molecule has 0 aliphatic carbocycles. The summed E-state index contributed by atoms with van der Waals surface area (Å²) < 4.78 is 13.5. The van der Waals surface area contributed by atoms with Crippen LogP contribution in [0.5, 0.6) is 0 Å². The predicted octanol–water partition coefficient (Wildman–Crippen LogP) is 4.49. The number of amides is 1. The van der Waals surface area contributed by atoms with E-state index < -0.39 is 5.82 Å². The first-order chi connectivity index (χ1) is 9.97. The smallest absolute Gasteiger partial charge is 0.243 e. The number of halogens is 3. The lowest BCUT2D eigenvalue weighted by atomic mass is 10.2. The van der Waals surface area contributed by atoms with Gasteiger partial charge in [-0.3, -0.25) is 4.79 Å². The van der Waals surface area contributed by atoms with Gasteiger partial charge in [0.15, 0.2) is 0 Å². The van der Waals surface area contributed by atoms with Gasteiger partial charge in [0.2, 0.25) is 5.91 Å². The maximum Gasteiger partial charge on any atom is 0.243 e. The fraction of sp³-hybridized carbons (Fsp3) is 0.133. The number of benzene rings is 2. The van der Waals surface area contributed by atoms with Crippen molar-refractivity contribution in [3.8, 4) is 0 Å². The van der Waals surface area contributed by atoms with Gasteiger partial charge in [0.05, 0.1) is 12.2 Å². The number of hydrogen-bond acceptors (Lipinski definition) is 2. The van der Waals surface area contributed by atoms with E-state index in [9.17, 15) is 9.18 Å². The standard InChI is InChI=1S/C15H13Cl2FN2O/c1-9-11(17)3-2-4-13(9)19-8-15(21)20-14-7-10(16)5-6-12(14)18/h2-7,19H,8H2,1H3,(H,20,21). The summed E-state index contributed by atoms with van der Waals surface area (Å²) in [5.74, 6) is -0.915. The average Bonchev–Trinajstić information content (AvgIpc) is 2.44. The van der Waals surface area contributed by atoms with Crippen molar-refractivity contribution in [3.63, 3.8) is 0 Å². The summed E-state index contributed by atoms with van der Waals surface area (Å²) in [7, 11) is 0. The van der Waals surface area contributed by atoms with Gasteiger partial charge in [-0.25, -0.2) is 4.39 Å². The Morgan fingerprint density at radius 2 is 1.95 bits per heavy atom. The van der Waals surface area contributed by atoms with Crippen LogP contribution in [0.2, 0.25) is 10.0 Å². The van der Waals surface area contributed by atoms with Crippen LogP contribution in [0.25, 0.3) is 0 Å². The number of carbonyl (C=O) groups is 1. The number of carbonyl (C=O) groups excluding carboxylic acids is 1. The normalized spacial score (nSPS) is 10.3. The van der Waals surface area contributed by atoms with Crippen LogP contribution in [0.4, 0.5) is 15.8 Å². The molecule has 0 aliphatic heterocycles. The lowest BCUT2D eigenvalue weighted by molar-refractivity contribution is -0.114. The van der Waals surface area contributed by atoms with E-state index in [0.717, 1.165) is 11.3 Å². The molecular weight excluding hydrogens is 314 g/mol. The molecule has 0 heterocycles. The van der Waals surface area contributed by atoms with Crippen molar-refractivity contribution < 1.29 is 9.18 Å². The summed E-state index contributed by atoms with van der Waals surface area (Å²) in [4.78, 5) is 11.8. The maximum absolute atomic E-state index is 13.5. The van der Waals surface area contributed by atoms with E-state index in [1.54, 1.807) is 12.1 Å². The van der Waals surface area contributed by atoms with Crippen LogP contribution in [-0.2, 0) is 4.79 Å². The molecule has 0 radical (unpaired) electrons. The Morgan fingerprint density at radius 3 is 2.71 bits per heavy atom. The summed E-state index contributed by atoms with van der Waals surface area (Å²) in [5.41, 5.74) is 1.65. The fourth-order valence-electron chi connectivity index (χ4n) is 1.76. The van der Waals surface area contributed by atoms with E-state index in [1.807, 2.05) is 13.0 Å². The Balaban J connectivity index is 1.99. The molecule has 0 saturated heterocycles. The number of rotatable bonds is 4.